The summed E-state index contributed by atoms with van der Waals surface area (Å²) in [5, 5.41) is 2.62. The molecule has 4 nitrogen and oxygen atoms in total. The number of benzene rings is 1. The molecule has 0 atom stereocenters. The van der Waals surface area contributed by atoms with Crippen LogP contribution >= 0.6 is 15.9 Å². The molecule has 0 fully saturated rings. The first-order valence-corrected chi connectivity index (χ1v) is 5.61. The highest BCUT2D eigenvalue weighted by molar-refractivity contribution is 9.10. The summed E-state index contributed by atoms with van der Waals surface area (Å²) in [4.78, 5) is 21.6. The minimum Gasteiger partial charge on any atom is -0.483 e. The average Bonchev–Trinajstić information content (AvgIpc) is 2.27. The van der Waals surface area contributed by atoms with Crippen molar-refractivity contribution in [3.05, 3.63) is 28.2 Å². The van der Waals surface area contributed by atoms with E-state index in [0.717, 1.165) is 6.29 Å². The molecule has 0 aliphatic rings. The topological polar surface area (TPSA) is 55.4 Å². The number of rotatable bonds is 5. The van der Waals surface area contributed by atoms with Gasteiger partial charge in [0.05, 0.1) is 4.47 Å². The van der Waals surface area contributed by atoms with Crippen molar-refractivity contribution in [1.82, 2.24) is 5.32 Å². The number of likely N-dealkylation sites (N-methyl/N-ethyl adjacent to an activating group) is 1. The predicted molar refractivity (Wildman–Crippen MR) is 63.7 cm³/mol. The fraction of sp³-hybridized carbons (Fsp3) is 0.273. The molecule has 1 aromatic carbocycles. The second kappa shape index (κ2) is 6.27. The van der Waals surface area contributed by atoms with Crippen LogP contribution in [0, 0.1) is 0 Å². The first-order chi connectivity index (χ1) is 7.67. The molecule has 16 heavy (non-hydrogen) atoms. The average molecular weight is 286 g/mol. The monoisotopic (exact) mass is 285 g/mol. The Bertz CT molecular complexity index is 393. The van der Waals surface area contributed by atoms with E-state index in [1.165, 1.54) is 0 Å². The van der Waals surface area contributed by atoms with Gasteiger partial charge in [-0.2, -0.15) is 0 Å². The summed E-state index contributed by atoms with van der Waals surface area (Å²) >= 11 is 3.26. The Kier molecular flexibility index (Phi) is 4.98. The lowest BCUT2D eigenvalue weighted by atomic mass is 10.2. The van der Waals surface area contributed by atoms with E-state index in [1.807, 2.05) is 6.92 Å². The zero-order valence-corrected chi connectivity index (χ0v) is 10.4. The van der Waals surface area contributed by atoms with Gasteiger partial charge in [-0.15, -0.1) is 0 Å². The molecule has 1 aromatic rings. The fourth-order valence-corrected chi connectivity index (χ4v) is 1.61. The zero-order valence-electron chi connectivity index (χ0n) is 8.83. The van der Waals surface area contributed by atoms with E-state index < -0.39 is 0 Å². The van der Waals surface area contributed by atoms with Gasteiger partial charge in [-0.1, -0.05) is 0 Å². The maximum Gasteiger partial charge on any atom is 0.257 e. The normalized spacial score (nSPS) is 9.62. The summed E-state index contributed by atoms with van der Waals surface area (Å²) in [6.07, 6.45) is 0.748. The Labute approximate surface area is 102 Å². The van der Waals surface area contributed by atoms with Crippen LogP contribution in [0.4, 0.5) is 0 Å². The van der Waals surface area contributed by atoms with Crippen LogP contribution in [-0.2, 0) is 4.79 Å². The summed E-state index contributed by atoms with van der Waals surface area (Å²) in [5.74, 6) is 0.366. The van der Waals surface area contributed by atoms with Gasteiger partial charge < -0.3 is 10.1 Å². The summed E-state index contributed by atoms with van der Waals surface area (Å²) in [7, 11) is 0. The molecule has 0 aliphatic heterocycles. The van der Waals surface area contributed by atoms with E-state index in [0.29, 0.717) is 22.3 Å². The van der Waals surface area contributed by atoms with Crippen molar-refractivity contribution in [3.8, 4) is 5.75 Å². The van der Waals surface area contributed by atoms with Gasteiger partial charge in [0.1, 0.15) is 12.0 Å². The van der Waals surface area contributed by atoms with Crippen LogP contribution in [0.2, 0.25) is 0 Å². The number of amides is 1. The van der Waals surface area contributed by atoms with E-state index in [9.17, 15) is 9.59 Å². The van der Waals surface area contributed by atoms with Gasteiger partial charge in [-0.3, -0.25) is 9.59 Å². The fourth-order valence-electron chi connectivity index (χ4n) is 1.10. The molecule has 0 saturated heterocycles. The third kappa shape index (κ3) is 3.66. The summed E-state index contributed by atoms with van der Waals surface area (Å²) < 4.78 is 5.93. The van der Waals surface area contributed by atoms with Gasteiger partial charge in [-0.05, 0) is 41.1 Å². The van der Waals surface area contributed by atoms with E-state index in [-0.39, 0.29) is 12.5 Å². The highest BCUT2D eigenvalue weighted by Gasteiger charge is 2.05. The quantitative estimate of drug-likeness (QED) is 0.839. The lowest BCUT2D eigenvalue weighted by Crippen LogP contribution is -2.28. The first-order valence-electron chi connectivity index (χ1n) is 4.81. The SMILES string of the molecule is CCNC(=O)COc1ccc(C=O)cc1Br. The number of hydrogen-bond donors (Lipinski definition) is 1. The van der Waals surface area contributed by atoms with Crippen molar-refractivity contribution in [2.24, 2.45) is 0 Å². The third-order valence-electron chi connectivity index (χ3n) is 1.82. The maximum atomic E-state index is 11.1. The van der Waals surface area contributed by atoms with Crippen molar-refractivity contribution in [3.63, 3.8) is 0 Å². The molecule has 0 radical (unpaired) electrons. The minimum absolute atomic E-state index is 0.0348. The third-order valence-corrected chi connectivity index (χ3v) is 2.44. The Hall–Kier alpha value is -1.36. The smallest absolute Gasteiger partial charge is 0.257 e. The van der Waals surface area contributed by atoms with Crippen molar-refractivity contribution in [1.29, 1.82) is 0 Å². The van der Waals surface area contributed by atoms with Crippen LogP contribution in [-0.4, -0.2) is 25.3 Å². The number of halogens is 1. The van der Waals surface area contributed by atoms with E-state index in [2.05, 4.69) is 21.2 Å². The van der Waals surface area contributed by atoms with E-state index >= 15 is 0 Å². The largest absolute Gasteiger partial charge is 0.483 e. The highest BCUT2D eigenvalue weighted by Crippen LogP contribution is 2.25. The summed E-state index contributed by atoms with van der Waals surface area (Å²) in [6.45, 7) is 2.38. The van der Waals surface area contributed by atoms with Crippen molar-refractivity contribution in [2.45, 2.75) is 6.92 Å². The Morgan fingerprint density at radius 1 is 1.56 bits per heavy atom. The van der Waals surface area contributed by atoms with Crippen LogP contribution in [0.15, 0.2) is 22.7 Å². The number of nitrogens with one attached hydrogen (secondary N) is 1. The van der Waals surface area contributed by atoms with Gasteiger partial charge in [0.25, 0.3) is 5.91 Å². The number of carbonyl (C=O) groups excluding carboxylic acids is 2. The maximum absolute atomic E-state index is 11.1. The van der Waals surface area contributed by atoms with Crippen molar-refractivity contribution < 1.29 is 14.3 Å². The Morgan fingerprint density at radius 3 is 2.88 bits per heavy atom. The molecule has 1 amide bonds. The number of carbonyl (C=O) groups is 2. The molecular weight excluding hydrogens is 274 g/mol. The second-order valence-electron chi connectivity index (χ2n) is 3.05. The van der Waals surface area contributed by atoms with Crippen molar-refractivity contribution >= 4 is 28.1 Å². The standard InChI is InChI=1S/C11H12BrNO3/c1-2-13-11(15)7-16-10-4-3-8(6-14)5-9(10)12/h3-6H,2,7H2,1H3,(H,13,15). The van der Waals surface area contributed by atoms with Gasteiger partial charge >= 0.3 is 0 Å². The molecule has 1 N–H and O–H groups in total. The predicted octanol–water partition coefficient (Wildman–Crippen LogP) is 1.78. The minimum atomic E-state index is -0.172. The zero-order chi connectivity index (χ0) is 12.0. The Balaban J connectivity index is 2.60. The molecule has 0 spiro atoms. The van der Waals surface area contributed by atoms with Crippen LogP contribution in [0.1, 0.15) is 17.3 Å². The number of aldehydes is 1. The van der Waals surface area contributed by atoms with Crippen LogP contribution in [0.3, 0.4) is 0 Å². The van der Waals surface area contributed by atoms with Gasteiger partial charge in [0.2, 0.25) is 0 Å². The summed E-state index contributed by atoms with van der Waals surface area (Å²) in [5.41, 5.74) is 0.553. The molecule has 5 heteroatoms. The molecule has 0 bridgehead atoms. The van der Waals surface area contributed by atoms with Gasteiger partial charge in [0.15, 0.2) is 6.61 Å². The first kappa shape index (κ1) is 12.7. The molecule has 0 saturated carbocycles. The van der Waals surface area contributed by atoms with Crippen LogP contribution in [0.25, 0.3) is 0 Å². The lowest BCUT2D eigenvalue weighted by molar-refractivity contribution is -0.122. The summed E-state index contributed by atoms with van der Waals surface area (Å²) in [6, 6.07) is 4.91. The van der Waals surface area contributed by atoms with E-state index in [1.54, 1.807) is 18.2 Å². The number of hydrogen-bond acceptors (Lipinski definition) is 3. The molecule has 86 valence electrons. The number of ether oxygens (including phenoxy) is 1. The van der Waals surface area contributed by atoms with Gasteiger partial charge in [-0.25, -0.2) is 0 Å². The van der Waals surface area contributed by atoms with Gasteiger partial charge in [0, 0.05) is 12.1 Å². The van der Waals surface area contributed by atoms with Crippen LogP contribution < -0.4 is 10.1 Å². The highest BCUT2D eigenvalue weighted by atomic mass is 79.9. The lowest BCUT2D eigenvalue weighted by Gasteiger charge is -2.08. The van der Waals surface area contributed by atoms with Crippen LogP contribution in [0.5, 0.6) is 5.75 Å². The Morgan fingerprint density at radius 2 is 2.31 bits per heavy atom. The molecular formula is C11H12BrNO3. The molecule has 0 unspecified atom stereocenters. The van der Waals surface area contributed by atoms with Crippen molar-refractivity contribution in [2.75, 3.05) is 13.2 Å². The van der Waals surface area contributed by atoms with E-state index in [4.69, 9.17) is 4.74 Å². The molecule has 0 aliphatic carbocycles. The molecule has 0 aromatic heterocycles. The molecule has 1 rings (SSSR count). The second-order valence-corrected chi connectivity index (χ2v) is 3.90. The molecule has 0 heterocycles.